The molecule has 2 heterocycles. The minimum Gasteiger partial charge on any atom is -0.353 e. The van der Waals surface area contributed by atoms with Gasteiger partial charge in [-0.3, -0.25) is 4.79 Å². The predicted octanol–water partition coefficient (Wildman–Crippen LogP) is 4.64. The molecular weight excluding hydrogens is 419 g/mol. The summed E-state index contributed by atoms with van der Waals surface area (Å²) in [6.07, 6.45) is 5.36. The fourth-order valence-electron chi connectivity index (χ4n) is 4.37. The van der Waals surface area contributed by atoms with Gasteiger partial charge in [-0.1, -0.05) is 37.0 Å². The summed E-state index contributed by atoms with van der Waals surface area (Å²) in [5.41, 5.74) is 2.37. The molecule has 1 aliphatic rings. The predicted molar refractivity (Wildman–Crippen MR) is 124 cm³/mol. The Morgan fingerprint density at radius 2 is 1.70 bits per heavy atom. The van der Waals surface area contributed by atoms with Gasteiger partial charge < -0.3 is 5.32 Å². The first kappa shape index (κ1) is 20.9. The number of nitrogens with one attached hydrogen (secondary N) is 1. The molecule has 1 aliphatic carbocycles. The molecule has 0 spiro atoms. The Balaban J connectivity index is 1.77. The minimum absolute atomic E-state index is 0.0839. The Morgan fingerprint density at radius 3 is 2.36 bits per heavy atom. The van der Waals surface area contributed by atoms with Crippen LogP contribution >= 0.6 is 0 Å². The number of nitriles is 1. The Hall–Kier alpha value is -3.99. The molecule has 4 aromatic rings. The number of halogens is 1. The average Bonchev–Trinajstić information content (AvgIpc) is 3.20. The lowest BCUT2D eigenvalue weighted by molar-refractivity contribution is 0.460. The molecule has 0 atom stereocenters. The summed E-state index contributed by atoms with van der Waals surface area (Å²) in [6.45, 7) is 1.97. The maximum Gasteiger partial charge on any atom is 0.286 e. The number of rotatable bonds is 4. The molecule has 0 amide bonds. The van der Waals surface area contributed by atoms with Crippen LogP contribution in [0.5, 0.6) is 0 Å². The van der Waals surface area contributed by atoms with Gasteiger partial charge in [-0.2, -0.15) is 10.4 Å². The zero-order valence-electron chi connectivity index (χ0n) is 18.3. The van der Waals surface area contributed by atoms with Crippen molar-refractivity contribution in [1.82, 2.24) is 19.3 Å². The molecule has 2 aromatic heterocycles. The SMILES string of the molecule is Cc1ccc(-n2nc(C#N)c3nc(NC4CCCCC4)n(-c4ccc(F)cc4)c(=O)c32)cc1. The van der Waals surface area contributed by atoms with E-state index in [1.807, 2.05) is 31.2 Å². The van der Waals surface area contributed by atoms with Crippen LogP contribution in [0.25, 0.3) is 22.4 Å². The fourth-order valence-corrected chi connectivity index (χ4v) is 4.37. The summed E-state index contributed by atoms with van der Waals surface area (Å²) in [5, 5.41) is 17.5. The van der Waals surface area contributed by atoms with Gasteiger partial charge in [0.15, 0.2) is 11.2 Å². The third-order valence-electron chi connectivity index (χ3n) is 6.10. The first-order valence-electron chi connectivity index (χ1n) is 11.1. The van der Waals surface area contributed by atoms with Gasteiger partial charge in [0.2, 0.25) is 5.95 Å². The van der Waals surface area contributed by atoms with Crippen molar-refractivity contribution in [2.45, 2.75) is 45.1 Å². The first-order chi connectivity index (χ1) is 16.0. The maximum absolute atomic E-state index is 13.9. The van der Waals surface area contributed by atoms with Crippen molar-refractivity contribution in [3.05, 3.63) is 76.0 Å². The van der Waals surface area contributed by atoms with Crippen LogP contribution in [-0.4, -0.2) is 25.4 Å². The molecule has 33 heavy (non-hydrogen) atoms. The molecule has 166 valence electrons. The van der Waals surface area contributed by atoms with Crippen molar-refractivity contribution in [2.24, 2.45) is 0 Å². The van der Waals surface area contributed by atoms with Crippen LogP contribution in [-0.2, 0) is 0 Å². The molecule has 5 rings (SSSR count). The number of anilines is 1. The maximum atomic E-state index is 13.9. The van der Waals surface area contributed by atoms with Crippen molar-refractivity contribution in [1.29, 1.82) is 5.26 Å². The molecular formula is C25H23FN6O. The number of aryl methyl sites for hydroxylation is 1. The largest absolute Gasteiger partial charge is 0.353 e. The summed E-state index contributed by atoms with van der Waals surface area (Å²) in [5.74, 6) is -0.0509. The van der Waals surface area contributed by atoms with Crippen LogP contribution in [0, 0.1) is 24.1 Å². The van der Waals surface area contributed by atoms with Gasteiger partial charge in [-0.25, -0.2) is 18.6 Å². The van der Waals surface area contributed by atoms with E-state index in [-0.39, 0.29) is 34.1 Å². The van der Waals surface area contributed by atoms with Crippen molar-refractivity contribution in [2.75, 3.05) is 5.32 Å². The second kappa shape index (κ2) is 8.51. The van der Waals surface area contributed by atoms with Crippen molar-refractivity contribution in [3.8, 4) is 17.4 Å². The molecule has 0 saturated heterocycles. The highest BCUT2D eigenvalue weighted by Crippen LogP contribution is 2.25. The molecule has 0 aliphatic heterocycles. The number of hydrogen-bond acceptors (Lipinski definition) is 5. The number of hydrogen-bond donors (Lipinski definition) is 1. The molecule has 0 unspecified atom stereocenters. The molecule has 7 nitrogen and oxygen atoms in total. The molecule has 1 N–H and O–H groups in total. The van der Waals surface area contributed by atoms with Gasteiger partial charge in [0.1, 0.15) is 17.4 Å². The summed E-state index contributed by atoms with van der Waals surface area (Å²) in [6, 6.07) is 15.5. The lowest BCUT2D eigenvalue weighted by Gasteiger charge is -2.25. The number of benzene rings is 2. The van der Waals surface area contributed by atoms with E-state index in [9.17, 15) is 14.4 Å². The lowest BCUT2D eigenvalue weighted by atomic mass is 9.96. The van der Waals surface area contributed by atoms with Gasteiger partial charge in [0.25, 0.3) is 5.56 Å². The Morgan fingerprint density at radius 1 is 1.03 bits per heavy atom. The van der Waals surface area contributed by atoms with Crippen molar-refractivity contribution >= 4 is 17.0 Å². The number of nitrogens with zero attached hydrogens (tertiary/aromatic N) is 5. The van der Waals surface area contributed by atoms with E-state index in [1.165, 1.54) is 27.8 Å². The van der Waals surface area contributed by atoms with Crippen LogP contribution in [0.2, 0.25) is 0 Å². The molecule has 2 aromatic carbocycles. The molecule has 8 heteroatoms. The second-order valence-corrected chi connectivity index (χ2v) is 8.44. The standard InChI is InChI=1S/C25H23FN6O/c1-16-7-11-20(12-8-16)32-23-22(21(15-27)30-32)29-25(28-18-5-3-2-4-6-18)31(24(23)33)19-13-9-17(26)10-14-19/h7-14,18H,2-6H2,1H3,(H,28,29). The third-order valence-corrected chi connectivity index (χ3v) is 6.10. The highest BCUT2D eigenvalue weighted by atomic mass is 19.1. The molecule has 1 saturated carbocycles. The van der Waals surface area contributed by atoms with Crippen LogP contribution in [0.1, 0.15) is 43.4 Å². The van der Waals surface area contributed by atoms with E-state index >= 15 is 0 Å². The Kier molecular flexibility index (Phi) is 5.38. The van der Waals surface area contributed by atoms with Gasteiger partial charge in [-0.15, -0.1) is 0 Å². The van der Waals surface area contributed by atoms with E-state index in [2.05, 4.69) is 16.5 Å². The van der Waals surface area contributed by atoms with Crippen LogP contribution in [0.3, 0.4) is 0 Å². The highest BCUT2D eigenvalue weighted by molar-refractivity contribution is 5.82. The second-order valence-electron chi connectivity index (χ2n) is 8.44. The summed E-state index contributed by atoms with van der Waals surface area (Å²) in [7, 11) is 0. The molecule has 0 bridgehead atoms. The van der Waals surface area contributed by atoms with Crippen LogP contribution < -0.4 is 10.9 Å². The monoisotopic (exact) mass is 442 g/mol. The molecule has 1 fully saturated rings. The van der Waals surface area contributed by atoms with Crippen LogP contribution in [0.4, 0.5) is 10.3 Å². The zero-order chi connectivity index (χ0) is 22.9. The minimum atomic E-state index is -0.390. The van der Waals surface area contributed by atoms with E-state index < -0.39 is 0 Å². The smallest absolute Gasteiger partial charge is 0.286 e. The Labute approximate surface area is 190 Å². The third kappa shape index (κ3) is 3.87. The average molecular weight is 442 g/mol. The summed E-state index contributed by atoms with van der Waals surface area (Å²) in [4.78, 5) is 18.6. The van der Waals surface area contributed by atoms with E-state index in [0.717, 1.165) is 31.2 Å². The van der Waals surface area contributed by atoms with Gasteiger partial charge in [0, 0.05) is 6.04 Å². The summed E-state index contributed by atoms with van der Waals surface area (Å²) < 4.78 is 16.5. The molecule has 0 radical (unpaired) electrons. The highest BCUT2D eigenvalue weighted by Gasteiger charge is 2.24. The fraction of sp³-hybridized carbons (Fsp3) is 0.280. The number of fused-ring (bicyclic) bond motifs is 1. The Bertz CT molecular complexity index is 1410. The number of aromatic nitrogens is 4. The van der Waals surface area contributed by atoms with Gasteiger partial charge in [0.05, 0.1) is 11.4 Å². The normalized spacial score (nSPS) is 14.3. The zero-order valence-corrected chi connectivity index (χ0v) is 18.3. The van der Waals surface area contributed by atoms with Gasteiger partial charge in [-0.05, 0) is 56.2 Å². The van der Waals surface area contributed by atoms with E-state index in [4.69, 9.17) is 4.98 Å². The van der Waals surface area contributed by atoms with Crippen molar-refractivity contribution in [3.63, 3.8) is 0 Å². The van der Waals surface area contributed by atoms with E-state index in [1.54, 1.807) is 12.1 Å². The van der Waals surface area contributed by atoms with Crippen LogP contribution in [0.15, 0.2) is 53.3 Å². The van der Waals surface area contributed by atoms with Crippen molar-refractivity contribution < 1.29 is 4.39 Å². The topological polar surface area (TPSA) is 88.5 Å². The first-order valence-corrected chi connectivity index (χ1v) is 11.1. The van der Waals surface area contributed by atoms with Gasteiger partial charge >= 0.3 is 0 Å². The van der Waals surface area contributed by atoms with E-state index in [0.29, 0.717) is 17.3 Å². The quantitative estimate of drug-likeness (QED) is 0.498. The summed E-state index contributed by atoms with van der Waals surface area (Å²) >= 11 is 0. The lowest BCUT2D eigenvalue weighted by Crippen LogP contribution is -2.30.